The number of nitrogens with zero attached hydrogens (tertiary/aromatic N) is 1. The van der Waals surface area contributed by atoms with E-state index < -0.39 is 12.0 Å². The Morgan fingerprint density at radius 3 is 2.90 bits per heavy atom. The lowest BCUT2D eigenvalue weighted by molar-refractivity contribution is -0.128. The second-order valence-corrected chi connectivity index (χ2v) is 5.46. The summed E-state index contributed by atoms with van der Waals surface area (Å²) in [4.78, 5) is 25.8. The number of unbranched alkanes of at least 4 members (excludes halogenated alkanes) is 1. The van der Waals surface area contributed by atoms with Gasteiger partial charge in [0.2, 0.25) is 11.8 Å². The topological polar surface area (TPSA) is 49.4 Å². The summed E-state index contributed by atoms with van der Waals surface area (Å²) in [5.74, 6) is -1.03. The number of carbonyl (C=O) groups is 2. The van der Waals surface area contributed by atoms with E-state index in [1.54, 1.807) is 24.1 Å². The largest absolute Gasteiger partial charge is 0.356 e. The van der Waals surface area contributed by atoms with Crippen molar-refractivity contribution in [2.24, 2.45) is 5.92 Å². The minimum atomic E-state index is -0.457. The molecule has 2 amide bonds. The first kappa shape index (κ1) is 15.5. The summed E-state index contributed by atoms with van der Waals surface area (Å²) >= 11 is 0. The van der Waals surface area contributed by atoms with E-state index in [1.165, 1.54) is 12.1 Å². The van der Waals surface area contributed by atoms with Gasteiger partial charge in [0.15, 0.2) is 0 Å². The van der Waals surface area contributed by atoms with Crippen LogP contribution >= 0.6 is 0 Å². The van der Waals surface area contributed by atoms with E-state index in [2.05, 4.69) is 12.2 Å². The zero-order valence-corrected chi connectivity index (χ0v) is 12.4. The summed E-state index contributed by atoms with van der Waals surface area (Å²) in [5, 5.41) is 2.87. The van der Waals surface area contributed by atoms with Crippen LogP contribution in [0.1, 0.15) is 37.8 Å². The first-order chi connectivity index (χ1) is 10.0. The molecule has 21 heavy (non-hydrogen) atoms. The summed E-state index contributed by atoms with van der Waals surface area (Å²) in [7, 11) is 1.66. The van der Waals surface area contributed by atoms with Crippen LogP contribution in [0.4, 0.5) is 4.39 Å². The quantitative estimate of drug-likeness (QED) is 0.846. The molecular weight excluding hydrogens is 271 g/mol. The van der Waals surface area contributed by atoms with Gasteiger partial charge in [-0.15, -0.1) is 0 Å². The van der Waals surface area contributed by atoms with Crippen molar-refractivity contribution in [2.75, 3.05) is 13.6 Å². The fraction of sp³-hybridized carbons (Fsp3) is 0.500. The van der Waals surface area contributed by atoms with Crippen molar-refractivity contribution in [3.05, 3.63) is 35.6 Å². The number of carbonyl (C=O) groups excluding carboxylic acids is 2. The molecule has 1 heterocycles. The van der Waals surface area contributed by atoms with Crippen molar-refractivity contribution in [1.82, 2.24) is 10.2 Å². The van der Waals surface area contributed by atoms with Crippen molar-refractivity contribution in [3.8, 4) is 0 Å². The van der Waals surface area contributed by atoms with Gasteiger partial charge < -0.3 is 10.2 Å². The molecule has 2 rings (SSSR count). The highest BCUT2D eigenvalue weighted by Gasteiger charge is 2.42. The van der Waals surface area contributed by atoms with Gasteiger partial charge in [0.25, 0.3) is 0 Å². The summed E-state index contributed by atoms with van der Waals surface area (Å²) < 4.78 is 13.4. The molecule has 1 saturated heterocycles. The van der Waals surface area contributed by atoms with E-state index >= 15 is 0 Å². The molecule has 1 N–H and O–H groups in total. The highest BCUT2D eigenvalue weighted by molar-refractivity contribution is 5.90. The van der Waals surface area contributed by atoms with E-state index in [4.69, 9.17) is 0 Å². The fourth-order valence-electron chi connectivity index (χ4n) is 2.77. The lowest BCUT2D eigenvalue weighted by atomic mass is 9.93. The van der Waals surface area contributed by atoms with Gasteiger partial charge in [0.1, 0.15) is 5.82 Å². The number of amides is 2. The van der Waals surface area contributed by atoms with Gasteiger partial charge in [0, 0.05) is 20.0 Å². The average Bonchev–Trinajstić information content (AvgIpc) is 2.75. The lowest BCUT2D eigenvalue weighted by Gasteiger charge is -2.25. The molecule has 1 aliphatic rings. The number of halogens is 1. The van der Waals surface area contributed by atoms with E-state index in [9.17, 15) is 14.0 Å². The lowest BCUT2D eigenvalue weighted by Crippen LogP contribution is -2.35. The van der Waals surface area contributed by atoms with Gasteiger partial charge in [-0.05, 0) is 24.1 Å². The monoisotopic (exact) mass is 292 g/mol. The Hall–Kier alpha value is -1.91. The SMILES string of the molecule is CCCCNC(=O)[C@@H]1CC(=O)N(C)[C@@H]1c1cccc(F)c1. The molecule has 4 nitrogen and oxygen atoms in total. The summed E-state index contributed by atoms with van der Waals surface area (Å²) in [6.45, 7) is 2.66. The third kappa shape index (κ3) is 3.40. The Kier molecular flexibility index (Phi) is 4.94. The van der Waals surface area contributed by atoms with E-state index in [1.807, 2.05) is 0 Å². The van der Waals surface area contributed by atoms with Gasteiger partial charge in [-0.3, -0.25) is 9.59 Å². The van der Waals surface area contributed by atoms with Gasteiger partial charge >= 0.3 is 0 Å². The van der Waals surface area contributed by atoms with Crippen molar-refractivity contribution in [1.29, 1.82) is 0 Å². The first-order valence-corrected chi connectivity index (χ1v) is 7.33. The third-order valence-corrected chi connectivity index (χ3v) is 3.94. The minimum absolute atomic E-state index is 0.0834. The van der Waals surface area contributed by atoms with Crippen molar-refractivity contribution in [2.45, 2.75) is 32.2 Å². The van der Waals surface area contributed by atoms with Gasteiger partial charge in [-0.25, -0.2) is 4.39 Å². The van der Waals surface area contributed by atoms with Gasteiger partial charge in [-0.2, -0.15) is 0 Å². The Labute approximate surface area is 124 Å². The molecule has 0 saturated carbocycles. The third-order valence-electron chi connectivity index (χ3n) is 3.94. The molecule has 1 aliphatic heterocycles. The van der Waals surface area contributed by atoms with Crippen molar-refractivity contribution < 1.29 is 14.0 Å². The van der Waals surface area contributed by atoms with Crippen LogP contribution in [0, 0.1) is 11.7 Å². The second kappa shape index (κ2) is 6.70. The van der Waals surface area contributed by atoms with E-state index in [0.717, 1.165) is 12.8 Å². The van der Waals surface area contributed by atoms with Crippen LogP contribution in [0.5, 0.6) is 0 Å². The van der Waals surface area contributed by atoms with Crippen LogP contribution in [0.3, 0.4) is 0 Å². The molecule has 0 spiro atoms. The standard InChI is InChI=1S/C16H21FN2O2/c1-3-4-8-18-16(21)13-10-14(20)19(2)15(13)11-6-5-7-12(17)9-11/h5-7,9,13,15H,3-4,8,10H2,1-2H3,(H,18,21)/t13-,15-/m1/s1. The van der Waals surface area contributed by atoms with Crippen molar-refractivity contribution >= 4 is 11.8 Å². The number of likely N-dealkylation sites (tertiary alicyclic amines) is 1. The molecule has 1 fully saturated rings. The Morgan fingerprint density at radius 1 is 1.48 bits per heavy atom. The normalized spacial score (nSPS) is 21.7. The Balaban J connectivity index is 2.19. The molecule has 0 bridgehead atoms. The Morgan fingerprint density at radius 2 is 2.24 bits per heavy atom. The Bertz CT molecular complexity index is 533. The van der Waals surface area contributed by atoms with Crippen LogP contribution in [0.2, 0.25) is 0 Å². The van der Waals surface area contributed by atoms with E-state index in [0.29, 0.717) is 12.1 Å². The highest BCUT2D eigenvalue weighted by Crippen LogP contribution is 2.37. The van der Waals surface area contributed by atoms with Crippen LogP contribution < -0.4 is 5.32 Å². The number of rotatable bonds is 5. The molecule has 5 heteroatoms. The molecule has 0 unspecified atom stereocenters. The first-order valence-electron chi connectivity index (χ1n) is 7.33. The van der Waals surface area contributed by atoms with Crippen LogP contribution in [-0.2, 0) is 9.59 Å². The summed E-state index contributed by atoms with van der Waals surface area (Å²) in [6, 6.07) is 5.72. The molecular formula is C16H21FN2O2. The summed E-state index contributed by atoms with van der Waals surface area (Å²) in [6.07, 6.45) is 2.08. The summed E-state index contributed by atoms with van der Waals surface area (Å²) in [5.41, 5.74) is 0.666. The van der Waals surface area contributed by atoms with Crippen LogP contribution in [0.15, 0.2) is 24.3 Å². The van der Waals surface area contributed by atoms with Crippen LogP contribution in [0.25, 0.3) is 0 Å². The maximum Gasteiger partial charge on any atom is 0.226 e. The molecule has 0 aromatic heterocycles. The molecule has 1 aromatic rings. The maximum absolute atomic E-state index is 13.4. The van der Waals surface area contributed by atoms with Crippen LogP contribution in [-0.4, -0.2) is 30.3 Å². The fourth-order valence-corrected chi connectivity index (χ4v) is 2.77. The average molecular weight is 292 g/mol. The molecule has 1 aromatic carbocycles. The zero-order chi connectivity index (χ0) is 15.4. The minimum Gasteiger partial charge on any atom is -0.356 e. The predicted molar refractivity (Wildman–Crippen MR) is 77.9 cm³/mol. The number of hydrogen-bond donors (Lipinski definition) is 1. The maximum atomic E-state index is 13.4. The van der Waals surface area contributed by atoms with Crippen molar-refractivity contribution in [3.63, 3.8) is 0 Å². The number of nitrogens with one attached hydrogen (secondary N) is 1. The number of hydrogen-bond acceptors (Lipinski definition) is 2. The molecule has 114 valence electrons. The zero-order valence-electron chi connectivity index (χ0n) is 12.4. The van der Waals surface area contributed by atoms with E-state index in [-0.39, 0.29) is 24.1 Å². The molecule has 0 radical (unpaired) electrons. The van der Waals surface area contributed by atoms with Gasteiger partial charge in [0.05, 0.1) is 12.0 Å². The smallest absolute Gasteiger partial charge is 0.226 e. The second-order valence-electron chi connectivity index (χ2n) is 5.46. The number of benzene rings is 1. The highest BCUT2D eigenvalue weighted by atomic mass is 19.1. The van der Waals surface area contributed by atoms with Gasteiger partial charge in [-0.1, -0.05) is 25.5 Å². The molecule has 2 atom stereocenters. The predicted octanol–water partition coefficient (Wildman–Crippen LogP) is 2.26. The molecule has 0 aliphatic carbocycles.